The van der Waals surface area contributed by atoms with Crippen molar-refractivity contribution >= 4 is 36.1 Å². The Morgan fingerprint density at radius 1 is 0.682 bits per heavy atom. The Bertz CT molecular complexity index is 746. The molecule has 0 saturated carbocycles. The van der Waals surface area contributed by atoms with Gasteiger partial charge in [0.15, 0.2) is 6.20 Å². The van der Waals surface area contributed by atoms with Gasteiger partial charge in [0.2, 0.25) is 5.69 Å². The molecule has 0 amide bonds. The molecule has 3 rings (SSSR count). The van der Waals surface area contributed by atoms with E-state index in [9.17, 15) is 0 Å². The zero-order chi connectivity index (χ0) is 14.5. The molecule has 1 heterocycles. The van der Waals surface area contributed by atoms with Crippen LogP contribution in [-0.2, 0) is 7.05 Å². The van der Waals surface area contributed by atoms with Crippen LogP contribution in [0.25, 0.3) is 23.3 Å². The highest BCUT2D eigenvalue weighted by atomic mass is 127. The molecule has 0 unspecified atom stereocenters. The van der Waals surface area contributed by atoms with Crippen LogP contribution in [0, 0.1) is 0 Å². The van der Waals surface area contributed by atoms with Crippen LogP contribution < -0.4 is 4.57 Å². The smallest absolute Gasteiger partial charge is 0.202 e. The van der Waals surface area contributed by atoms with E-state index in [1.807, 2.05) is 12.1 Å². The number of aryl methyl sites for hydroxylation is 1. The molecule has 0 aliphatic heterocycles. The molecular formula is C20H19IN+. The van der Waals surface area contributed by atoms with Gasteiger partial charge in [-0.15, -0.1) is 24.0 Å². The van der Waals surface area contributed by atoms with Crippen LogP contribution in [-0.4, -0.2) is 0 Å². The zero-order valence-electron chi connectivity index (χ0n) is 12.5. The molecule has 2 aromatic carbocycles. The van der Waals surface area contributed by atoms with Crippen molar-refractivity contribution in [2.45, 2.75) is 0 Å². The molecule has 22 heavy (non-hydrogen) atoms. The van der Waals surface area contributed by atoms with E-state index in [0.717, 1.165) is 0 Å². The molecular weight excluding hydrogens is 381 g/mol. The number of hydrogen-bond donors (Lipinski definition) is 0. The standard InChI is InChI=1S/C20H18N.HI/c1-21-16-6-5-9-20(21)15-12-17-10-13-19(14-11-17)18-7-3-2-4-8-18;/h2-16H,1H3;1H/q+1;/b15-12+;. The van der Waals surface area contributed by atoms with Crippen molar-refractivity contribution in [3.8, 4) is 11.1 Å². The summed E-state index contributed by atoms with van der Waals surface area (Å²) in [4.78, 5) is 0. The molecule has 0 N–H and O–H groups in total. The summed E-state index contributed by atoms with van der Waals surface area (Å²) in [5.74, 6) is 0. The van der Waals surface area contributed by atoms with E-state index >= 15 is 0 Å². The predicted octanol–water partition coefficient (Wildman–Crippen LogP) is 4.97. The third kappa shape index (κ3) is 4.04. The number of halogens is 1. The minimum Gasteiger partial charge on any atom is -0.202 e. The van der Waals surface area contributed by atoms with Gasteiger partial charge in [0.25, 0.3) is 0 Å². The summed E-state index contributed by atoms with van der Waals surface area (Å²) >= 11 is 0. The second kappa shape index (κ2) is 7.90. The van der Waals surface area contributed by atoms with Crippen LogP contribution in [0.4, 0.5) is 0 Å². The normalized spacial score (nSPS) is 10.4. The lowest BCUT2D eigenvalue weighted by Crippen LogP contribution is -2.30. The Morgan fingerprint density at radius 3 is 2.00 bits per heavy atom. The first-order chi connectivity index (χ1) is 10.3. The van der Waals surface area contributed by atoms with Crippen LogP contribution in [0.2, 0.25) is 0 Å². The Labute approximate surface area is 149 Å². The topological polar surface area (TPSA) is 3.88 Å². The monoisotopic (exact) mass is 400 g/mol. The molecule has 0 fully saturated rings. The summed E-state index contributed by atoms with van der Waals surface area (Å²) in [7, 11) is 2.05. The average Bonchev–Trinajstić information content (AvgIpc) is 2.55. The van der Waals surface area contributed by atoms with Crippen molar-refractivity contribution in [2.75, 3.05) is 0 Å². The largest absolute Gasteiger partial charge is 0.204 e. The number of hydrogen-bond acceptors (Lipinski definition) is 0. The first-order valence-corrected chi connectivity index (χ1v) is 7.11. The molecule has 1 aromatic heterocycles. The maximum atomic E-state index is 2.17. The van der Waals surface area contributed by atoms with Gasteiger partial charge in [-0.2, -0.15) is 0 Å². The number of pyridine rings is 1. The van der Waals surface area contributed by atoms with E-state index in [2.05, 4.69) is 90.6 Å². The minimum atomic E-state index is 0. The lowest BCUT2D eigenvalue weighted by atomic mass is 10.0. The van der Waals surface area contributed by atoms with E-state index in [0.29, 0.717) is 0 Å². The number of aromatic nitrogens is 1. The fourth-order valence-corrected chi connectivity index (χ4v) is 2.31. The van der Waals surface area contributed by atoms with Crippen molar-refractivity contribution in [1.29, 1.82) is 0 Å². The average molecular weight is 400 g/mol. The van der Waals surface area contributed by atoms with Crippen molar-refractivity contribution < 1.29 is 4.57 Å². The minimum absolute atomic E-state index is 0. The summed E-state index contributed by atoms with van der Waals surface area (Å²) in [6, 6.07) is 25.3. The maximum absolute atomic E-state index is 2.17. The summed E-state index contributed by atoms with van der Waals surface area (Å²) in [6.07, 6.45) is 6.33. The second-order valence-corrected chi connectivity index (χ2v) is 5.06. The summed E-state index contributed by atoms with van der Waals surface area (Å²) in [5.41, 5.74) is 4.89. The lowest BCUT2D eigenvalue weighted by molar-refractivity contribution is -0.673. The molecule has 1 nitrogen and oxygen atoms in total. The third-order valence-electron chi connectivity index (χ3n) is 3.56. The molecule has 0 bridgehead atoms. The summed E-state index contributed by atoms with van der Waals surface area (Å²) in [6.45, 7) is 0. The number of benzene rings is 2. The van der Waals surface area contributed by atoms with Gasteiger partial charge < -0.3 is 0 Å². The van der Waals surface area contributed by atoms with Crippen LogP contribution in [0.3, 0.4) is 0 Å². The summed E-state index contributed by atoms with van der Waals surface area (Å²) < 4.78 is 2.11. The Morgan fingerprint density at radius 2 is 1.32 bits per heavy atom. The molecule has 0 saturated heterocycles. The zero-order valence-corrected chi connectivity index (χ0v) is 14.8. The highest BCUT2D eigenvalue weighted by Gasteiger charge is 1.99. The fourth-order valence-electron chi connectivity index (χ4n) is 2.31. The van der Waals surface area contributed by atoms with Crippen molar-refractivity contribution in [1.82, 2.24) is 0 Å². The van der Waals surface area contributed by atoms with Gasteiger partial charge in [0, 0.05) is 18.2 Å². The maximum Gasteiger partial charge on any atom is 0.204 e. The Hall–Kier alpha value is -1.94. The van der Waals surface area contributed by atoms with Crippen molar-refractivity contribution in [2.24, 2.45) is 7.05 Å². The van der Waals surface area contributed by atoms with Gasteiger partial charge in [0.1, 0.15) is 7.05 Å². The van der Waals surface area contributed by atoms with E-state index in [1.54, 1.807) is 0 Å². The highest BCUT2D eigenvalue weighted by molar-refractivity contribution is 14.0. The number of nitrogens with zero attached hydrogens (tertiary/aromatic N) is 1. The van der Waals surface area contributed by atoms with Crippen molar-refractivity contribution in [3.05, 3.63) is 90.3 Å². The third-order valence-corrected chi connectivity index (χ3v) is 3.56. The lowest BCUT2D eigenvalue weighted by Gasteiger charge is -2.01. The predicted molar refractivity (Wildman–Crippen MR) is 104 cm³/mol. The Kier molecular flexibility index (Phi) is 5.90. The highest BCUT2D eigenvalue weighted by Crippen LogP contribution is 2.19. The fraction of sp³-hybridized carbons (Fsp3) is 0.0500. The second-order valence-electron chi connectivity index (χ2n) is 5.06. The molecule has 2 heteroatoms. The van der Waals surface area contributed by atoms with Crippen LogP contribution >= 0.6 is 24.0 Å². The molecule has 0 atom stereocenters. The van der Waals surface area contributed by atoms with Gasteiger partial charge in [-0.25, -0.2) is 4.57 Å². The molecule has 0 radical (unpaired) electrons. The first kappa shape index (κ1) is 16.4. The van der Waals surface area contributed by atoms with Gasteiger partial charge >= 0.3 is 0 Å². The van der Waals surface area contributed by atoms with E-state index in [1.165, 1.54) is 22.4 Å². The van der Waals surface area contributed by atoms with E-state index < -0.39 is 0 Å². The first-order valence-electron chi connectivity index (χ1n) is 7.11. The van der Waals surface area contributed by atoms with Crippen molar-refractivity contribution in [3.63, 3.8) is 0 Å². The van der Waals surface area contributed by atoms with Gasteiger partial charge in [-0.05, 0) is 28.8 Å². The SMILES string of the molecule is C[n+]1ccccc1/C=C/c1ccc(-c2ccccc2)cc1.I. The van der Waals surface area contributed by atoms with E-state index in [-0.39, 0.29) is 24.0 Å². The molecule has 0 aliphatic rings. The van der Waals surface area contributed by atoms with Gasteiger partial charge in [0.05, 0.1) is 0 Å². The molecule has 110 valence electrons. The van der Waals surface area contributed by atoms with Gasteiger partial charge in [-0.1, -0.05) is 54.6 Å². The van der Waals surface area contributed by atoms with Crippen LogP contribution in [0.5, 0.6) is 0 Å². The van der Waals surface area contributed by atoms with Gasteiger partial charge in [-0.3, -0.25) is 0 Å². The number of rotatable bonds is 3. The molecule has 0 aliphatic carbocycles. The van der Waals surface area contributed by atoms with Crippen LogP contribution in [0.15, 0.2) is 79.0 Å². The van der Waals surface area contributed by atoms with Crippen LogP contribution in [0.1, 0.15) is 11.3 Å². The van der Waals surface area contributed by atoms with E-state index in [4.69, 9.17) is 0 Å². The summed E-state index contributed by atoms with van der Waals surface area (Å²) in [5, 5.41) is 0. The Balaban J connectivity index is 0.00000176. The molecule has 0 spiro atoms. The molecule has 3 aromatic rings. The quantitative estimate of drug-likeness (QED) is 0.432.